The number of halogens is 2. The molecule has 0 aromatic rings. The van der Waals surface area contributed by atoms with Gasteiger partial charge in [-0.25, -0.2) is 8.78 Å². The maximum absolute atomic E-state index is 15.0. The number of hydrogen-bond acceptors (Lipinski definition) is 0. The van der Waals surface area contributed by atoms with Gasteiger partial charge in [-0.05, 0) is 37.5 Å². The summed E-state index contributed by atoms with van der Waals surface area (Å²) in [6, 6.07) is 0. The Balaban J connectivity index is 1.74. The van der Waals surface area contributed by atoms with Crippen molar-refractivity contribution in [3.8, 4) is 0 Å². The fourth-order valence-electron chi connectivity index (χ4n) is 5.21. The number of fused-ring (bicyclic) bond motifs is 1. The minimum Gasteiger partial charge on any atom is -0.206 e. The van der Waals surface area contributed by atoms with Crippen molar-refractivity contribution in [3.63, 3.8) is 0 Å². The fourth-order valence-corrected chi connectivity index (χ4v) is 5.21. The highest BCUT2D eigenvalue weighted by Gasteiger charge is 2.52. The summed E-state index contributed by atoms with van der Waals surface area (Å²) in [4.78, 5) is 0. The molecule has 2 heteroatoms. The minimum atomic E-state index is -2.37. The molecule has 3 aliphatic carbocycles. The molecule has 0 aromatic carbocycles. The summed E-state index contributed by atoms with van der Waals surface area (Å²) in [5, 5.41) is 0. The molecule has 0 radical (unpaired) electrons. The van der Waals surface area contributed by atoms with Crippen molar-refractivity contribution in [1.29, 1.82) is 0 Å². The maximum Gasteiger partial charge on any atom is 0.253 e. The van der Waals surface area contributed by atoms with Crippen LogP contribution in [0, 0.1) is 23.7 Å². The van der Waals surface area contributed by atoms with Crippen molar-refractivity contribution in [1.82, 2.24) is 0 Å². The van der Waals surface area contributed by atoms with Crippen molar-refractivity contribution in [2.45, 2.75) is 83.0 Å². The molecule has 110 valence electrons. The maximum atomic E-state index is 15.0. The van der Waals surface area contributed by atoms with Crippen LogP contribution in [0.2, 0.25) is 0 Å². The first-order valence-corrected chi connectivity index (χ1v) is 8.57. The predicted molar refractivity (Wildman–Crippen MR) is 74.3 cm³/mol. The third-order valence-corrected chi connectivity index (χ3v) is 6.22. The number of rotatable bonds is 2. The Bertz CT molecular complexity index is 292. The summed E-state index contributed by atoms with van der Waals surface area (Å²) in [5.74, 6) is -1.98. The van der Waals surface area contributed by atoms with Crippen LogP contribution in [-0.4, -0.2) is 5.92 Å². The topological polar surface area (TPSA) is 0 Å². The highest BCUT2D eigenvalue weighted by molar-refractivity contribution is 4.95. The van der Waals surface area contributed by atoms with Crippen LogP contribution in [0.3, 0.4) is 0 Å². The van der Waals surface area contributed by atoms with Crippen molar-refractivity contribution >= 4 is 0 Å². The van der Waals surface area contributed by atoms with Gasteiger partial charge in [-0.3, -0.25) is 0 Å². The van der Waals surface area contributed by atoms with Gasteiger partial charge < -0.3 is 0 Å². The third kappa shape index (κ3) is 2.69. The number of alkyl halides is 2. The van der Waals surface area contributed by atoms with E-state index >= 15 is 0 Å². The second-order valence-corrected chi connectivity index (χ2v) is 7.26. The van der Waals surface area contributed by atoms with Gasteiger partial charge in [-0.15, -0.1) is 0 Å². The zero-order valence-electron chi connectivity index (χ0n) is 12.1. The van der Waals surface area contributed by atoms with Gasteiger partial charge in [-0.2, -0.15) is 0 Å². The van der Waals surface area contributed by atoms with Crippen LogP contribution in [0.25, 0.3) is 0 Å². The standard InChI is InChI=1S/C17H28F2/c18-17(19,14-9-2-1-3-10-14)16-12-6-8-13-7-4-5-11-15(13)16/h13-16H,1-12H2. The lowest BCUT2D eigenvalue weighted by Crippen LogP contribution is -2.46. The van der Waals surface area contributed by atoms with Crippen LogP contribution in [0.15, 0.2) is 0 Å². The Hall–Kier alpha value is -0.140. The van der Waals surface area contributed by atoms with E-state index in [1.807, 2.05) is 0 Å². The van der Waals surface area contributed by atoms with Gasteiger partial charge in [0.05, 0.1) is 0 Å². The molecule has 3 fully saturated rings. The molecule has 0 bridgehead atoms. The van der Waals surface area contributed by atoms with E-state index in [4.69, 9.17) is 0 Å². The highest BCUT2D eigenvalue weighted by Crippen LogP contribution is 2.53. The van der Waals surface area contributed by atoms with Gasteiger partial charge in [0.2, 0.25) is 0 Å². The first kappa shape index (κ1) is 13.8. The van der Waals surface area contributed by atoms with Crippen LogP contribution >= 0.6 is 0 Å². The third-order valence-electron chi connectivity index (χ3n) is 6.22. The lowest BCUT2D eigenvalue weighted by molar-refractivity contribution is -0.157. The summed E-state index contributed by atoms with van der Waals surface area (Å²) in [6.07, 6.45) is 12.6. The van der Waals surface area contributed by atoms with E-state index in [-0.39, 0.29) is 11.8 Å². The SMILES string of the molecule is FC(F)(C1CCCCC1)C1CCCC2CCCCC21. The van der Waals surface area contributed by atoms with E-state index < -0.39 is 5.92 Å². The minimum absolute atomic E-state index is 0.283. The van der Waals surface area contributed by atoms with Gasteiger partial charge in [0.1, 0.15) is 0 Å². The molecule has 3 rings (SSSR count). The van der Waals surface area contributed by atoms with Gasteiger partial charge in [0.25, 0.3) is 5.92 Å². The van der Waals surface area contributed by atoms with Crippen molar-refractivity contribution in [2.75, 3.05) is 0 Å². The molecule has 0 amide bonds. The van der Waals surface area contributed by atoms with E-state index in [1.54, 1.807) is 0 Å². The molecule has 0 heterocycles. The molecule has 0 spiro atoms. The van der Waals surface area contributed by atoms with Crippen LogP contribution in [0.1, 0.15) is 77.0 Å². The average molecular weight is 270 g/mol. The van der Waals surface area contributed by atoms with Crippen molar-refractivity contribution < 1.29 is 8.78 Å². The molecule has 0 aliphatic heterocycles. The molecule has 0 nitrogen and oxygen atoms in total. The smallest absolute Gasteiger partial charge is 0.206 e. The molecule has 19 heavy (non-hydrogen) atoms. The second kappa shape index (κ2) is 5.69. The summed E-state index contributed by atoms with van der Waals surface area (Å²) in [5.41, 5.74) is 0. The Kier molecular flexibility index (Phi) is 4.14. The monoisotopic (exact) mass is 270 g/mol. The molecule has 0 N–H and O–H groups in total. The average Bonchev–Trinajstić information content (AvgIpc) is 2.47. The Morgan fingerprint density at radius 1 is 0.632 bits per heavy atom. The molecule has 3 aliphatic rings. The van der Waals surface area contributed by atoms with Gasteiger partial charge in [0.15, 0.2) is 0 Å². The molecule has 3 saturated carbocycles. The zero-order chi connectivity index (χ0) is 13.3. The summed E-state index contributed by atoms with van der Waals surface area (Å²) < 4.78 is 29.9. The van der Waals surface area contributed by atoms with E-state index in [9.17, 15) is 8.78 Å². The Morgan fingerprint density at radius 2 is 1.26 bits per heavy atom. The Labute approximate surface area is 116 Å². The lowest BCUT2D eigenvalue weighted by Gasteiger charge is -2.47. The van der Waals surface area contributed by atoms with Crippen LogP contribution in [-0.2, 0) is 0 Å². The van der Waals surface area contributed by atoms with Crippen molar-refractivity contribution in [2.24, 2.45) is 23.7 Å². The first-order valence-electron chi connectivity index (χ1n) is 8.57. The molecule has 3 unspecified atom stereocenters. The van der Waals surface area contributed by atoms with E-state index in [0.29, 0.717) is 11.8 Å². The fraction of sp³-hybridized carbons (Fsp3) is 1.00. The van der Waals surface area contributed by atoms with Crippen LogP contribution in [0.4, 0.5) is 8.78 Å². The first-order chi connectivity index (χ1) is 9.19. The quantitative estimate of drug-likeness (QED) is 0.594. The molecular weight excluding hydrogens is 242 g/mol. The largest absolute Gasteiger partial charge is 0.253 e. The van der Waals surface area contributed by atoms with E-state index in [0.717, 1.165) is 44.9 Å². The predicted octanol–water partition coefficient (Wildman–Crippen LogP) is 5.81. The Morgan fingerprint density at radius 3 is 2.05 bits per heavy atom. The van der Waals surface area contributed by atoms with E-state index in [1.165, 1.54) is 32.1 Å². The zero-order valence-corrected chi connectivity index (χ0v) is 12.1. The van der Waals surface area contributed by atoms with Crippen LogP contribution < -0.4 is 0 Å². The summed E-state index contributed by atoms with van der Waals surface area (Å²) in [6.45, 7) is 0. The number of hydrogen-bond donors (Lipinski definition) is 0. The van der Waals surface area contributed by atoms with Gasteiger partial charge >= 0.3 is 0 Å². The van der Waals surface area contributed by atoms with Crippen LogP contribution in [0.5, 0.6) is 0 Å². The summed E-state index contributed by atoms with van der Waals surface area (Å²) in [7, 11) is 0. The molecule has 0 aromatic heterocycles. The van der Waals surface area contributed by atoms with Gasteiger partial charge in [-0.1, -0.05) is 51.4 Å². The molecule has 3 atom stereocenters. The van der Waals surface area contributed by atoms with Crippen molar-refractivity contribution in [3.05, 3.63) is 0 Å². The molecular formula is C17H28F2. The lowest BCUT2D eigenvalue weighted by atomic mass is 9.61. The molecule has 0 saturated heterocycles. The van der Waals surface area contributed by atoms with E-state index in [2.05, 4.69) is 0 Å². The highest BCUT2D eigenvalue weighted by atomic mass is 19.3. The normalized spacial score (nSPS) is 37.9. The van der Waals surface area contributed by atoms with Gasteiger partial charge in [0, 0.05) is 11.8 Å². The summed E-state index contributed by atoms with van der Waals surface area (Å²) >= 11 is 0. The second-order valence-electron chi connectivity index (χ2n) is 7.26.